The highest BCUT2D eigenvalue weighted by Gasteiger charge is 2.11. The maximum absolute atomic E-state index is 12.1. The summed E-state index contributed by atoms with van der Waals surface area (Å²) in [5, 5.41) is 7.20. The van der Waals surface area contributed by atoms with Crippen molar-refractivity contribution < 1.29 is 18.8 Å². The van der Waals surface area contributed by atoms with Crippen molar-refractivity contribution in [3.63, 3.8) is 0 Å². The molecule has 1 heterocycles. The molecular weight excluding hydrogens is 418 g/mol. The highest BCUT2D eigenvalue weighted by molar-refractivity contribution is 6.33. The van der Waals surface area contributed by atoms with Crippen molar-refractivity contribution in [2.45, 2.75) is 0 Å². The fourth-order valence-electron chi connectivity index (χ4n) is 2.79. The lowest BCUT2D eigenvalue weighted by molar-refractivity contribution is -0.118. The second-order valence-electron chi connectivity index (χ2n) is 6.49. The van der Waals surface area contributed by atoms with Crippen LogP contribution in [0.5, 0.6) is 11.5 Å². The molecule has 1 amide bonds. The average Bonchev–Trinajstić information content (AvgIpc) is 3.30. The normalized spacial score (nSPS) is 10.5. The van der Waals surface area contributed by atoms with Crippen molar-refractivity contribution in [2.75, 3.05) is 19.0 Å². The standard InChI is InChI=1S/C23H18ClN3O4/c1-29-17-10-6-15(7-11-17)22-26-23(31-27-22)16-8-12-18(13-9-16)30-14-21(28)25-20-5-3-2-4-19(20)24/h2-13H,14H2,1H3,(H,25,28). The SMILES string of the molecule is COc1ccc(-c2noc(-c3ccc(OCC(=O)Nc4ccccc4Cl)cc3)n2)cc1. The van der Waals surface area contributed by atoms with Crippen LogP contribution in [0.15, 0.2) is 77.3 Å². The van der Waals surface area contributed by atoms with Gasteiger partial charge in [-0.15, -0.1) is 0 Å². The number of hydrogen-bond donors (Lipinski definition) is 1. The molecule has 3 aromatic carbocycles. The molecule has 156 valence electrons. The monoisotopic (exact) mass is 435 g/mol. The number of carbonyl (C=O) groups is 1. The lowest BCUT2D eigenvalue weighted by Crippen LogP contribution is -2.20. The second-order valence-corrected chi connectivity index (χ2v) is 6.90. The maximum Gasteiger partial charge on any atom is 0.262 e. The van der Waals surface area contributed by atoms with Gasteiger partial charge in [-0.25, -0.2) is 0 Å². The third-order valence-corrected chi connectivity index (χ3v) is 4.72. The third-order valence-electron chi connectivity index (χ3n) is 4.39. The Kier molecular flexibility index (Phi) is 6.14. The Morgan fingerprint density at radius 1 is 0.968 bits per heavy atom. The number of hydrogen-bond acceptors (Lipinski definition) is 6. The summed E-state index contributed by atoms with van der Waals surface area (Å²) in [5.74, 6) is 1.85. The first kappa shape index (κ1) is 20.4. The number of anilines is 1. The zero-order valence-corrected chi connectivity index (χ0v) is 17.3. The van der Waals surface area contributed by atoms with Gasteiger partial charge in [0.2, 0.25) is 5.82 Å². The van der Waals surface area contributed by atoms with Gasteiger partial charge in [0.25, 0.3) is 11.8 Å². The van der Waals surface area contributed by atoms with Crippen LogP contribution < -0.4 is 14.8 Å². The number of methoxy groups -OCH3 is 1. The lowest BCUT2D eigenvalue weighted by atomic mass is 10.2. The molecule has 7 nitrogen and oxygen atoms in total. The van der Waals surface area contributed by atoms with E-state index < -0.39 is 0 Å². The van der Waals surface area contributed by atoms with E-state index in [4.69, 9.17) is 25.6 Å². The van der Waals surface area contributed by atoms with Crippen LogP contribution in [-0.2, 0) is 4.79 Å². The predicted octanol–water partition coefficient (Wildman–Crippen LogP) is 5.08. The van der Waals surface area contributed by atoms with E-state index in [1.165, 1.54) is 0 Å². The van der Waals surface area contributed by atoms with E-state index in [0.29, 0.717) is 28.2 Å². The summed E-state index contributed by atoms with van der Waals surface area (Å²) < 4.78 is 16.1. The number of amides is 1. The van der Waals surface area contributed by atoms with Crippen LogP contribution in [0, 0.1) is 0 Å². The Labute approximate surface area is 183 Å². The predicted molar refractivity (Wildman–Crippen MR) is 117 cm³/mol. The van der Waals surface area contributed by atoms with Gasteiger partial charge in [-0.3, -0.25) is 4.79 Å². The minimum atomic E-state index is -0.307. The minimum Gasteiger partial charge on any atom is -0.497 e. The maximum atomic E-state index is 12.1. The number of carbonyl (C=O) groups excluding carboxylic acids is 1. The van der Waals surface area contributed by atoms with Crippen molar-refractivity contribution in [3.05, 3.63) is 77.8 Å². The van der Waals surface area contributed by atoms with Crippen LogP contribution in [0.3, 0.4) is 0 Å². The van der Waals surface area contributed by atoms with Gasteiger partial charge in [-0.05, 0) is 60.7 Å². The van der Waals surface area contributed by atoms with E-state index in [1.807, 2.05) is 24.3 Å². The zero-order chi connectivity index (χ0) is 21.6. The van der Waals surface area contributed by atoms with E-state index in [9.17, 15) is 4.79 Å². The van der Waals surface area contributed by atoms with Crippen LogP contribution in [-0.4, -0.2) is 29.8 Å². The first-order valence-electron chi connectivity index (χ1n) is 9.38. The fourth-order valence-corrected chi connectivity index (χ4v) is 2.97. The Bertz CT molecular complexity index is 1170. The van der Waals surface area contributed by atoms with Crippen molar-refractivity contribution >= 4 is 23.2 Å². The van der Waals surface area contributed by atoms with E-state index in [1.54, 1.807) is 55.6 Å². The summed E-state index contributed by atoms with van der Waals surface area (Å²) in [4.78, 5) is 16.5. The summed E-state index contributed by atoms with van der Waals surface area (Å²) >= 11 is 6.03. The molecule has 0 fully saturated rings. The van der Waals surface area contributed by atoms with Crippen LogP contribution in [0.4, 0.5) is 5.69 Å². The van der Waals surface area contributed by atoms with Crippen molar-refractivity contribution in [2.24, 2.45) is 0 Å². The lowest BCUT2D eigenvalue weighted by Gasteiger charge is -2.08. The molecule has 0 atom stereocenters. The highest BCUT2D eigenvalue weighted by Crippen LogP contribution is 2.25. The average molecular weight is 436 g/mol. The molecule has 4 aromatic rings. The molecule has 8 heteroatoms. The van der Waals surface area contributed by atoms with Crippen molar-refractivity contribution in [1.29, 1.82) is 0 Å². The van der Waals surface area contributed by atoms with E-state index in [2.05, 4.69) is 15.5 Å². The van der Waals surface area contributed by atoms with Crippen LogP contribution in [0.1, 0.15) is 0 Å². The third kappa shape index (κ3) is 5.02. The minimum absolute atomic E-state index is 0.146. The Balaban J connectivity index is 1.36. The molecule has 1 aromatic heterocycles. The molecule has 31 heavy (non-hydrogen) atoms. The second kappa shape index (κ2) is 9.32. The summed E-state index contributed by atoms with van der Waals surface area (Å²) in [6.07, 6.45) is 0. The smallest absolute Gasteiger partial charge is 0.262 e. The molecule has 0 aliphatic carbocycles. The van der Waals surface area contributed by atoms with E-state index >= 15 is 0 Å². The van der Waals surface area contributed by atoms with Gasteiger partial charge in [0.15, 0.2) is 6.61 Å². The number of aromatic nitrogens is 2. The first-order chi connectivity index (χ1) is 15.1. The molecular formula is C23H18ClN3O4. The molecule has 0 saturated carbocycles. The van der Waals surface area contributed by atoms with Crippen LogP contribution in [0.2, 0.25) is 5.02 Å². The summed E-state index contributed by atoms with van der Waals surface area (Å²) in [7, 11) is 1.61. The summed E-state index contributed by atoms with van der Waals surface area (Å²) in [6.45, 7) is -0.146. The van der Waals surface area contributed by atoms with Gasteiger partial charge in [-0.2, -0.15) is 4.98 Å². The summed E-state index contributed by atoms with van der Waals surface area (Å²) in [5.41, 5.74) is 2.09. The molecule has 0 aliphatic rings. The molecule has 1 N–H and O–H groups in total. The van der Waals surface area contributed by atoms with Gasteiger partial charge in [0, 0.05) is 11.1 Å². The fraction of sp³-hybridized carbons (Fsp3) is 0.0870. The van der Waals surface area contributed by atoms with Gasteiger partial charge >= 0.3 is 0 Å². The van der Waals surface area contributed by atoms with E-state index in [0.717, 1.165) is 16.9 Å². The number of nitrogens with one attached hydrogen (secondary N) is 1. The Hall–Kier alpha value is -3.84. The van der Waals surface area contributed by atoms with E-state index in [-0.39, 0.29) is 12.5 Å². The van der Waals surface area contributed by atoms with Crippen LogP contribution in [0.25, 0.3) is 22.8 Å². The van der Waals surface area contributed by atoms with Crippen LogP contribution >= 0.6 is 11.6 Å². The number of halogens is 1. The number of benzene rings is 3. The number of para-hydroxylation sites is 1. The Morgan fingerprint density at radius 2 is 1.65 bits per heavy atom. The van der Waals surface area contributed by atoms with Crippen molar-refractivity contribution in [1.82, 2.24) is 10.1 Å². The largest absolute Gasteiger partial charge is 0.497 e. The first-order valence-corrected chi connectivity index (χ1v) is 9.76. The van der Waals surface area contributed by atoms with Gasteiger partial charge in [0.1, 0.15) is 11.5 Å². The molecule has 0 saturated heterocycles. The van der Waals surface area contributed by atoms with Crippen molar-refractivity contribution in [3.8, 4) is 34.3 Å². The number of nitrogens with zero attached hydrogens (tertiary/aromatic N) is 2. The molecule has 4 rings (SSSR count). The molecule has 0 unspecified atom stereocenters. The molecule has 0 radical (unpaired) electrons. The van der Waals surface area contributed by atoms with Gasteiger partial charge in [0.05, 0.1) is 17.8 Å². The quantitative estimate of drug-likeness (QED) is 0.435. The highest BCUT2D eigenvalue weighted by atomic mass is 35.5. The molecule has 0 spiro atoms. The number of ether oxygens (including phenoxy) is 2. The topological polar surface area (TPSA) is 86.5 Å². The molecule has 0 bridgehead atoms. The Morgan fingerprint density at radius 3 is 2.35 bits per heavy atom. The molecule has 0 aliphatic heterocycles. The zero-order valence-electron chi connectivity index (χ0n) is 16.5. The van der Waals surface area contributed by atoms with Gasteiger partial charge < -0.3 is 19.3 Å². The van der Waals surface area contributed by atoms with Gasteiger partial charge in [-0.1, -0.05) is 28.9 Å². The number of rotatable bonds is 7. The summed E-state index contributed by atoms with van der Waals surface area (Å²) in [6, 6.07) is 21.4.